The molecule has 2 aromatic carbocycles. The van der Waals surface area contributed by atoms with Crippen LogP contribution < -0.4 is 14.2 Å². The molecule has 0 spiro atoms. The second-order valence-electron chi connectivity index (χ2n) is 5.36. The van der Waals surface area contributed by atoms with Crippen molar-refractivity contribution >= 4 is 14.0 Å². The van der Waals surface area contributed by atoms with Crippen molar-refractivity contribution < 1.29 is 32.6 Å². The van der Waals surface area contributed by atoms with Crippen LogP contribution in [0.2, 0.25) is 0 Å². The number of carbonyl (C=O) groups is 1. The summed E-state index contributed by atoms with van der Waals surface area (Å²) in [4.78, 5) is 13.3. The molecule has 0 aliphatic heterocycles. The molecule has 0 N–H and O–H groups in total. The van der Waals surface area contributed by atoms with Gasteiger partial charge >= 0.3 is 8.25 Å². The van der Waals surface area contributed by atoms with Gasteiger partial charge < -0.3 is 18.7 Å². The number of Topliss-reactive ketones (excluding diaryl/α,β-unsaturated/α-hetero) is 1. The van der Waals surface area contributed by atoms with Gasteiger partial charge in [-0.3, -0.25) is 13.9 Å². The first-order valence-corrected chi connectivity index (χ1v) is 9.50. The van der Waals surface area contributed by atoms with Gasteiger partial charge in [-0.15, -0.1) is 0 Å². The lowest BCUT2D eigenvalue weighted by Crippen LogP contribution is -2.16. The summed E-state index contributed by atoms with van der Waals surface area (Å²) in [5.74, 6) is 0.532. The maximum Gasteiger partial charge on any atom is 0.320 e. The van der Waals surface area contributed by atoms with Gasteiger partial charge in [0.2, 0.25) is 5.78 Å². The van der Waals surface area contributed by atoms with E-state index in [0.29, 0.717) is 11.3 Å². The molecule has 2 atom stereocenters. The van der Waals surface area contributed by atoms with Crippen LogP contribution in [0.3, 0.4) is 0 Å². The first-order valence-electron chi connectivity index (χ1n) is 8.28. The summed E-state index contributed by atoms with van der Waals surface area (Å²) in [6.07, 6.45) is -1.14. The topological polar surface area (TPSA) is 80.3 Å². The van der Waals surface area contributed by atoms with Crippen molar-refractivity contribution in [2.45, 2.75) is 13.0 Å². The van der Waals surface area contributed by atoms with Crippen LogP contribution in [-0.2, 0) is 13.6 Å². The lowest BCUT2D eigenvalue weighted by molar-refractivity contribution is 0.0762. The van der Waals surface area contributed by atoms with Crippen molar-refractivity contribution in [2.24, 2.45) is 0 Å². The molecule has 0 bridgehead atoms. The maximum absolute atomic E-state index is 13.3. The highest BCUT2D eigenvalue weighted by molar-refractivity contribution is 7.33. The first-order chi connectivity index (χ1) is 13.0. The Morgan fingerprint density at radius 3 is 2.07 bits per heavy atom. The standard InChI is InChI=1S/C19H23O7P/c1-5-25-27(21)26-19(13-9-7-6-8-10-13)18(20)17-15(23-3)11-14(22-2)12-16(17)24-4/h6-12,19,27H,5H2,1-4H3. The highest BCUT2D eigenvalue weighted by atomic mass is 31.1. The Morgan fingerprint density at radius 1 is 1.00 bits per heavy atom. The van der Waals surface area contributed by atoms with Gasteiger partial charge in [-0.05, 0) is 12.5 Å². The molecule has 2 rings (SSSR count). The summed E-state index contributed by atoms with van der Waals surface area (Å²) >= 11 is 0. The minimum absolute atomic E-state index is 0.168. The van der Waals surface area contributed by atoms with E-state index in [-0.39, 0.29) is 23.7 Å². The largest absolute Gasteiger partial charge is 0.496 e. The van der Waals surface area contributed by atoms with E-state index >= 15 is 0 Å². The molecule has 8 heteroatoms. The average molecular weight is 394 g/mol. The van der Waals surface area contributed by atoms with Gasteiger partial charge in [0.1, 0.15) is 22.8 Å². The van der Waals surface area contributed by atoms with Gasteiger partial charge in [-0.25, -0.2) is 0 Å². The van der Waals surface area contributed by atoms with E-state index < -0.39 is 20.1 Å². The molecule has 0 saturated heterocycles. The summed E-state index contributed by atoms with van der Waals surface area (Å²) in [5, 5.41) is 0. The second-order valence-corrected chi connectivity index (χ2v) is 6.39. The van der Waals surface area contributed by atoms with Crippen LogP contribution in [0.25, 0.3) is 0 Å². The lowest BCUT2D eigenvalue weighted by atomic mass is 9.98. The first kappa shape index (κ1) is 21.0. The molecule has 7 nitrogen and oxygen atoms in total. The van der Waals surface area contributed by atoms with E-state index in [4.69, 9.17) is 23.3 Å². The smallest absolute Gasteiger partial charge is 0.320 e. The summed E-state index contributed by atoms with van der Waals surface area (Å²) in [5.41, 5.74) is 0.710. The van der Waals surface area contributed by atoms with Crippen LogP contribution in [-0.4, -0.2) is 33.7 Å². The number of ether oxygens (including phenoxy) is 3. The number of benzene rings is 2. The zero-order valence-electron chi connectivity index (χ0n) is 15.7. The molecule has 2 aromatic rings. The summed E-state index contributed by atoms with van der Waals surface area (Å²) in [7, 11) is 1.51. The molecule has 27 heavy (non-hydrogen) atoms. The fourth-order valence-corrected chi connectivity index (χ4v) is 3.27. The summed E-state index contributed by atoms with van der Waals surface area (Å²) in [6.45, 7) is 1.91. The van der Waals surface area contributed by atoms with Crippen molar-refractivity contribution in [3.63, 3.8) is 0 Å². The molecule has 2 unspecified atom stereocenters. The van der Waals surface area contributed by atoms with E-state index in [1.807, 2.05) is 6.07 Å². The third-order valence-electron chi connectivity index (χ3n) is 3.78. The number of hydrogen-bond donors (Lipinski definition) is 0. The second kappa shape index (κ2) is 10.1. The SMILES string of the molecule is CCO[PH](=O)OC(C(=O)c1c(OC)cc(OC)cc1OC)c1ccccc1. The third-order valence-corrected chi connectivity index (χ3v) is 4.73. The molecule has 0 aliphatic carbocycles. The highest BCUT2D eigenvalue weighted by Gasteiger charge is 2.31. The molecule has 0 radical (unpaired) electrons. The van der Waals surface area contributed by atoms with E-state index in [9.17, 15) is 9.36 Å². The van der Waals surface area contributed by atoms with Gasteiger partial charge in [0.05, 0.1) is 27.9 Å². The van der Waals surface area contributed by atoms with Crippen LogP contribution in [0, 0.1) is 0 Å². The number of hydrogen-bond acceptors (Lipinski definition) is 7. The van der Waals surface area contributed by atoms with Gasteiger partial charge in [0, 0.05) is 12.1 Å². The van der Waals surface area contributed by atoms with Crippen LogP contribution in [0.4, 0.5) is 0 Å². The van der Waals surface area contributed by atoms with Gasteiger partial charge in [-0.1, -0.05) is 30.3 Å². The normalized spacial score (nSPS) is 12.9. The van der Waals surface area contributed by atoms with Crippen LogP contribution in [0.1, 0.15) is 28.9 Å². The Morgan fingerprint density at radius 2 is 1.59 bits per heavy atom. The third kappa shape index (κ3) is 5.10. The minimum atomic E-state index is -2.87. The van der Waals surface area contributed by atoms with Crippen molar-refractivity contribution in [3.05, 3.63) is 53.6 Å². The molecule has 0 heterocycles. The highest BCUT2D eigenvalue weighted by Crippen LogP contribution is 2.41. The van der Waals surface area contributed by atoms with E-state index in [1.54, 1.807) is 43.3 Å². The molecule has 0 fully saturated rings. The predicted molar refractivity (Wildman–Crippen MR) is 101 cm³/mol. The van der Waals surface area contributed by atoms with Gasteiger partial charge in [-0.2, -0.15) is 0 Å². The molecular formula is C19H23O7P. The Balaban J connectivity index is 2.53. The van der Waals surface area contributed by atoms with Crippen molar-refractivity contribution in [1.82, 2.24) is 0 Å². The van der Waals surface area contributed by atoms with E-state index in [1.165, 1.54) is 21.3 Å². The molecule has 146 valence electrons. The molecule has 0 aliphatic rings. The molecule has 0 amide bonds. The molecule has 0 aromatic heterocycles. The monoisotopic (exact) mass is 394 g/mol. The zero-order chi connectivity index (χ0) is 19.8. The molecule has 0 saturated carbocycles. The number of carbonyl (C=O) groups excluding carboxylic acids is 1. The van der Waals surface area contributed by atoms with Gasteiger partial charge in [0.25, 0.3) is 0 Å². The van der Waals surface area contributed by atoms with Crippen molar-refractivity contribution in [1.29, 1.82) is 0 Å². The summed E-state index contributed by atoms with van der Waals surface area (Å²) in [6, 6.07) is 11.9. The zero-order valence-corrected chi connectivity index (χ0v) is 16.7. The Kier molecular flexibility index (Phi) is 7.85. The van der Waals surface area contributed by atoms with Crippen molar-refractivity contribution in [3.8, 4) is 17.2 Å². The van der Waals surface area contributed by atoms with Crippen LogP contribution in [0.15, 0.2) is 42.5 Å². The van der Waals surface area contributed by atoms with Crippen LogP contribution >= 0.6 is 8.25 Å². The maximum atomic E-state index is 13.3. The number of methoxy groups -OCH3 is 3. The average Bonchev–Trinajstić information content (AvgIpc) is 2.71. The van der Waals surface area contributed by atoms with Crippen molar-refractivity contribution in [2.75, 3.05) is 27.9 Å². The molecular weight excluding hydrogens is 371 g/mol. The quantitative estimate of drug-likeness (QED) is 0.444. The lowest BCUT2D eigenvalue weighted by Gasteiger charge is -2.20. The minimum Gasteiger partial charge on any atom is -0.496 e. The fourth-order valence-electron chi connectivity index (χ4n) is 2.53. The van der Waals surface area contributed by atoms with E-state index in [0.717, 1.165) is 0 Å². The Labute approximate surface area is 159 Å². The van der Waals surface area contributed by atoms with Crippen LogP contribution in [0.5, 0.6) is 17.2 Å². The fraction of sp³-hybridized carbons (Fsp3) is 0.316. The predicted octanol–water partition coefficient (Wildman–Crippen LogP) is 4.08. The number of rotatable bonds is 10. The summed E-state index contributed by atoms with van der Waals surface area (Å²) < 4.78 is 38.5. The van der Waals surface area contributed by atoms with Gasteiger partial charge in [0.15, 0.2) is 6.10 Å². The number of ketones is 1. The Hall–Kier alpha value is -2.34. The van der Waals surface area contributed by atoms with E-state index in [2.05, 4.69) is 0 Å². The Bertz CT molecular complexity index is 767.